The summed E-state index contributed by atoms with van der Waals surface area (Å²) in [5, 5.41) is 3.47. The molecular formula is C13H27N3O3S. The largest absolute Gasteiger partial charge is 0.370 e. The lowest BCUT2D eigenvalue weighted by atomic mass is 10.0. The van der Waals surface area contributed by atoms with E-state index in [1.54, 1.807) is 0 Å². The third-order valence-corrected chi connectivity index (χ3v) is 5.35. The zero-order chi connectivity index (χ0) is 15.0. The summed E-state index contributed by atoms with van der Waals surface area (Å²) in [6, 6.07) is 0.469. The van der Waals surface area contributed by atoms with Gasteiger partial charge >= 0.3 is 0 Å². The Morgan fingerprint density at radius 1 is 1.35 bits per heavy atom. The number of nitrogens with one attached hydrogen (secondary N) is 1. The van der Waals surface area contributed by atoms with Gasteiger partial charge < -0.3 is 16.0 Å². The lowest BCUT2D eigenvalue weighted by Gasteiger charge is -2.29. The normalized spacial score (nSPS) is 20.2. The highest BCUT2D eigenvalue weighted by Crippen LogP contribution is 2.08. The summed E-state index contributed by atoms with van der Waals surface area (Å²) < 4.78 is 23.6. The molecule has 1 amide bonds. The molecule has 3 N–H and O–H groups in total. The molecule has 1 unspecified atom stereocenters. The van der Waals surface area contributed by atoms with Gasteiger partial charge in [0.1, 0.15) is 0 Å². The first-order valence-electron chi connectivity index (χ1n) is 7.37. The van der Waals surface area contributed by atoms with E-state index in [1.807, 2.05) is 6.92 Å². The molecule has 20 heavy (non-hydrogen) atoms. The first-order valence-corrected chi connectivity index (χ1v) is 9.19. The number of carbonyl (C=O) groups is 1. The molecule has 1 rings (SSSR count). The van der Waals surface area contributed by atoms with Gasteiger partial charge in [-0.3, -0.25) is 4.79 Å². The van der Waals surface area contributed by atoms with Crippen LogP contribution in [0.4, 0.5) is 0 Å². The molecule has 6 nitrogen and oxygen atoms in total. The number of amides is 1. The van der Waals surface area contributed by atoms with Gasteiger partial charge in [-0.25, -0.2) is 8.42 Å². The first-order chi connectivity index (χ1) is 9.43. The molecule has 118 valence electrons. The van der Waals surface area contributed by atoms with Crippen LogP contribution in [0.2, 0.25) is 0 Å². The number of hydrogen-bond acceptors (Lipinski definition) is 5. The number of piperidine rings is 1. The van der Waals surface area contributed by atoms with Crippen molar-refractivity contribution in [3.8, 4) is 0 Å². The fraction of sp³-hybridized carbons (Fsp3) is 0.923. The van der Waals surface area contributed by atoms with Crippen molar-refractivity contribution in [1.29, 1.82) is 0 Å². The van der Waals surface area contributed by atoms with Crippen LogP contribution in [0.1, 0.15) is 32.6 Å². The molecule has 1 aliphatic rings. The summed E-state index contributed by atoms with van der Waals surface area (Å²) in [5.74, 6) is -0.602. The average Bonchev–Trinajstić information content (AvgIpc) is 2.42. The van der Waals surface area contributed by atoms with Crippen LogP contribution >= 0.6 is 0 Å². The highest BCUT2D eigenvalue weighted by Gasteiger charge is 2.18. The van der Waals surface area contributed by atoms with E-state index in [2.05, 4.69) is 10.2 Å². The van der Waals surface area contributed by atoms with E-state index in [-0.39, 0.29) is 17.9 Å². The maximum Gasteiger partial charge on any atom is 0.218 e. The van der Waals surface area contributed by atoms with E-state index in [1.165, 1.54) is 12.8 Å². The molecular weight excluding hydrogens is 278 g/mol. The number of rotatable bonds is 9. The molecule has 0 bridgehead atoms. The summed E-state index contributed by atoms with van der Waals surface area (Å²) in [6.45, 7) is 5.35. The van der Waals surface area contributed by atoms with Crippen LogP contribution < -0.4 is 11.1 Å². The molecule has 0 spiro atoms. The van der Waals surface area contributed by atoms with Crippen molar-refractivity contribution in [3.05, 3.63) is 0 Å². The fourth-order valence-corrected chi connectivity index (χ4v) is 3.65. The van der Waals surface area contributed by atoms with Gasteiger partial charge in [-0.1, -0.05) is 13.3 Å². The molecule has 0 aromatic rings. The van der Waals surface area contributed by atoms with Gasteiger partial charge in [0.25, 0.3) is 0 Å². The van der Waals surface area contributed by atoms with E-state index < -0.39 is 15.7 Å². The van der Waals surface area contributed by atoms with Gasteiger partial charge in [-0.2, -0.15) is 0 Å². The lowest BCUT2D eigenvalue weighted by Crippen LogP contribution is -2.44. The molecule has 1 heterocycles. The predicted molar refractivity (Wildman–Crippen MR) is 80.2 cm³/mol. The Bertz CT molecular complexity index is 392. The Balaban J connectivity index is 2.34. The molecule has 0 saturated carbocycles. The molecule has 7 heteroatoms. The molecule has 1 fully saturated rings. The van der Waals surface area contributed by atoms with Crippen molar-refractivity contribution in [2.75, 3.05) is 37.7 Å². The SMILES string of the molecule is CCN(CCS(=O)(=O)CCC(N)=O)CC1CCCCN1. The maximum absolute atomic E-state index is 11.8. The van der Waals surface area contributed by atoms with Crippen LogP contribution in [0.15, 0.2) is 0 Å². The van der Waals surface area contributed by atoms with Crippen molar-refractivity contribution >= 4 is 15.7 Å². The van der Waals surface area contributed by atoms with Gasteiger partial charge in [0.2, 0.25) is 5.91 Å². The summed E-state index contributed by atoms with van der Waals surface area (Å²) >= 11 is 0. The quantitative estimate of drug-likeness (QED) is 0.612. The van der Waals surface area contributed by atoms with Crippen molar-refractivity contribution in [1.82, 2.24) is 10.2 Å². The molecule has 0 aliphatic carbocycles. The maximum atomic E-state index is 11.8. The van der Waals surface area contributed by atoms with Gasteiger partial charge in [0, 0.05) is 25.6 Å². The molecule has 1 aliphatic heterocycles. The van der Waals surface area contributed by atoms with Crippen LogP contribution in [-0.2, 0) is 14.6 Å². The summed E-state index contributed by atoms with van der Waals surface area (Å²) in [5.41, 5.74) is 4.98. The summed E-state index contributed by atoms with van der Waals surface area (Å²) in [6.07, 6.45) is 3.54. The van der Waals surface area contributed by atoms with Gasteiger partial charge in [0.05, 0.1) is 11.5 Å². The second kappa shape index (κ2) is 8.59. The van der Waals surface area contributed by atoms with E-state index >= 15 is 0 Å². The minimum absolute atomic E-state index is 0.0847. The molecule has 0 radical (unpaired) electrons. The van der Waals surface area contributed by atoms with E-state index in [0.717, 1.165) is 26.1 Å². The van der Waals surface area contributed by atoms with Gasteiger partial charge in [-0.05, 0) is 25.9 Å². The fourth-order valence-electron chi connectivity index (χ4n) is 2.40. The number of nitrogens with zero attached hydrogens (tertiary/aromatic N) is 1. The topological polar surface area (TPSA) is 92.5 Å². The smallest absolute Gasteiger partial charge is 0.218 e. The zero-order valence-corrected chi connectivity index (χ0v) is 13.1. The number of carbonyl (C=O) groups excluding carboxylic acids is 1. The van der Waals surface area contributed by atoms with Crippen LogP contribution in [-0.4, -0.2) is 63.0 Å². The van der Waals surface area contributed by atoms with Crippen LogP contribution in [0, 0.1) is 0 Å². The predicted octanol–water partition coefficient (Wildman–Crippen LogP) is -0.259. The number of likely N-dealkylation sites (N-methyl/N-ethyl adjacent to an activating group) is 1. The molecule has 0 aromatic heterocycles. The van der Waals surface area contributed by atoms with Crippen LogP contribution in [0.5, 0.6) is 0 Å². The van der Waals surface area contributed by atoms with Gasteiger partial charge in [-0.15, -0.1) is 0 Å². The van der Waals surface area contributed by atoms with Crippen molar-refractivity contribution < 1.29 is 13.2 Å². The number of nitrogens with two attached hydrogens (primary N) is 1. The standard InChI is InChI=1S/C13H27N3O3S/c1-2-16(11-12-5-3-4-7-15-12)8-10-20(18,19)9-6-13(14)17/h12,15H,2-11H2,1H3,(H2,14,17). The average molecular weight is 305 g/mol. The van der Waals surface area contributed by atoms with Crippen LogP contribution in [0.3, 0.4) is 0 Å². The second-order valence-electron chi connectivity index (χ2n) is 5.41. The zero-order valence-electron chi connectivity index (χ0n) is 12.3. The number of hydrogen-bond donors (Lipinski definition) is 2. The Morgan fingerprint density at radius 2 is 2.10 bits per heavy atom. The highest BCUT2D eigenvalue weighted by molar-refractivity contribution is 7.91. The number of primary amides is 1. The summed E-state index contributed by atoms with van der Waals surface area (Å²) in [4.78, 5) is 12.8. The second-order valence-corrected chi connectivity index (χ2v) is 7.71. The Hall–Kier alpha value is -0.660. The van der Waals surface area contributed by atoms with Crippen LogP contribution in [0.25, 0.3) is 0 Å². The van der Waals surface area contributed by atoms with E-state index in [4.69, 9.17) is 5.73 Å². The van der Waals surface area contributed by atoms with Gasteiger partial charge in [0.15, 0.2) is 9.84 Å². The third-order valence-electron chi connectivity index (χ3n) is 3.72. The van der Waals surface area contributed by atoms with Crippen molar-refractivity contribution in [2.45, 2.75) is 38.6 Å². The Labute approximate surface area is 122 Å². The molecule has 1 atom stereocenters. The minimum Gasteiger partial charge on any atom is -0.370 e. The highest BCUT2D eigenvalue weighted by atomic mass is 32.2. The van der Waals surface area contributed by atoms with Crippen molar-refractivity contribution in [3.63, 3.8) is 0 Å². The minimum atomic E-state index is -3.19. The third kappa shape index (κ3) is 7.21. The Morgan fingerprint density at radius 3 is 2.65 bits per heavy atom. The van der Waals surface area contributed by atoms with Crippen molar-refractivity contribution in [2.24, 2.45) is 5.73 Å². The monoisotopic (exact) mass is 305 g/mol. The molecule has 1 saturated heterocycles. The summed E-state index contributed by atoms with van der Waals surface area (Å²) in [7, 11) is -3.19. The first kappa shape index (κ1) is 17.4. The van der Waals surface area contributed by atoms with E-state index in [0.29, 0.717) is 12.6 Å². The molecule has 0 aromatic carbocycles. The number of sulfone groups is 1. The van der Waals surface area contributed by atoms with E-state index in [9.17, 15) is 13.2 Å². The lowest BCUT2D eigenvalue weighted by molar-refractivity contribution is -0.117. The Kier molecular flexibility index (Phi) is 7.47.